The maximum atomic E-state index is 14.1. The van der Waals surface area contributed by atoms with Crippen molar-refractivity contribution in [3.8, 4) is 17.1 Å². The summed E-state index contributed by atoms with van der Waals surface area (Å²) >= 11 is 0. The zero-order valence-electron chi connectivity index (χ0n) is 11.2. The molecule has 0 aliphatic carbocycles. The zero-order chi connectivity index (χ0) is 14.1. The minimum atomic E-state index is -0.384. The van der Waals surface area contributed by atoms with Crippen molar-refractivity contribution >= 4 is 0 Å². The summed E-state index contributed by atoms with van der Waals surface area (Å²) in [6, 6.07) is 4.68. The molecule has 0 amide bonds. The molecule has 1 aliphatic rings. The largest absolute Gasteiger partial charge is 0.496 e. The van der Waals surface area contributed by atoms with Crippen molar-refractivity contribution in [2.75, 3.05) is 13.7 Å². The number of ether oxygens (including phenoxy) is 1. The minimum Gasteiger partial charge on any atom is -0.496 e. The van der Waals surface area contributed by atoms with Crippen molar-refractivity contribution in [1.29, 1.82) is 0 Å². The van der Waals surface area contributed by atoms with Gasteiger partial charge in [0.05, 0.1) is 12.7 Å². The molecule has 3 rings (SSSR count). The summed E-state index contributed by atoms with van der Waals surface area (Å²) in [5.41, 5.74) is 0.326. The van der Waals surface area contributed by atoms with Gasteiger partial charge in [0.15, 0.2) is 5.82 Å². The molecule has 1 unspecified atom stereocenters. The summed E-state index contributed by atoms with van der Waals surface area (Å²) in [7, 11) is 1.50. The number of aromatic nitrogens is 3. The van der Waals surface area contributed by atoms with Gasteiger partial charge in [-0.2, -0.15) is 0 Å². The number of hydrogen-bond acceptors (Lipinski definition) is 4. The van der Waals surface area contributed by atoms with Gasteiger partial charge in [-0.05, 0) is 18.6 Å². The van der Waals surface area contributed by atoms with E-state index >= 15 is 0 Å². The van der Waals surface area contributed by atoms with E-state index in [1.165, 1.54) is 13.2 Å². The van der Waals surface area contributed by atoms with Crippen molar-refractivity contribution in [1.82, 2.24) is 14.8 Å². The highest BCUT2D eigenvalue weighted by Gasteiger charge is 2.26. The molecule has 5 nitrogen and oxygen atoms in total. The van der Waals surface area contributed by atoms with Crippen LogP contribution in [-0.2, 0) is 13.0 Å². The number of benzene rings is 1. The monoisotopic (exact) mass is 277 g/mol. The first-order valence-electron chi connectivity index (χ1n) is 6.60. The average Bonchev–Trinajstić information content (AvgIpc) is 2.89. The van der Waals surface area contributed by atoms with E-state index in [-0.39, 0.29) is 18.3 Å². The Balaban J connectivity index is 2.11. The molecule has 1 atom stereocenters. The van der Waals surface area contributed by atoms with Crippen LogP contribution in [0.2, 0.25) is 0 Å². The number of halogens is 1. The van der Waals surface area contributed by atoms with Crippen LogP contribution < -0.4 is 4.74 Å². The van der Waals surface area contributed by atoms with Gasteiger partial charge in [-0.25, -0.2) is 4.39 Å². The zero-order valence-corrected chi connectivity index (χ0v) is 11.2. The molecule has 106 valence electrons. The van der Waals surface area contributed by atoms with E-state index < -0.39 is 0 Å². The van der Waals surface area contributed by atoms with Gasteiger partial charge < -0.3 is 14.4 Å². The van der Waals surface area contributed by atoms with Crippen molar-refractivity contribution in [2.24, 2.45) is 5.92 Å². The second kappa shape index (κ2) is 5.20. The molecule has 0 fully saturated rings. The molecule has 2 heterocycles. The van der Waals surface area contributed by atoms with Crippen LogP contribution >= 0.6 is 0 Å². The summed E-state index contributed by atoms with van der Waals surface area (Å²) in [6.07, 6.45) is 1.62. The fraction of sp³-hybridized carbons (Fsp3) is 0.429. The van der Waals surface area contributed by atoms with Gasteiger partial charge in [0.2, 0.25) is 0 Å². The van der Waals surface area contributed by atoms with Gasteiger partial charge in [-0.3, -0.25) is 0 Å². The third-order valence-corrected chi connectivity index (χ3v) is 3.72. The van der Waals surface area contributed by atoms with Crippen molar-refractivity contribution < 1.29 is 14.2 Å². The van der Waals surface area contributed by atoms with E-state index in [4.69, 9.17) is 4.74 Å². The van der Waals surface area contributed by atoms with E-state index in [9.17, 15) is 9.50 Å². The first-order chi connectivity index (χ1) is 9.74. The van der Waals surface area contributed by atoms with Crippen molar-refractivity contribution in [2.45, 2.75) is 19.4 Å². The molecule has 1 aliphatic heterocycles. The van der Waals surface area contributed by atoms with Crippen LogP contribution in [0.5, 0.6) is 5.75 Å². The quantitative estimate of drug-likeness (QED) is 0.926. The Hall–Kier alpha value is -1.95. The molecule has 1 aromatic carbocycles. The van der Waals surface area contributed by atoms with Crippen LogP contribution in [0, 0.1) is 11.7 Å². The van der Waals surface area contributed by atoms with E-state index in [0.717, 1.165) is 18.7 Å². The van der Waals surface area contributed by atoms with E-state index in [1.807, 2.05) is 4.57 Å². The van der Waals surface area contributed by atoms with Crippen LogP contribution in [0.4, 0.5) is 4.39 Å². The molecule has 0 saturated carbocycles. The third-order valence-electron chi connectivity index (χ3n) is 3.72. The standard InChI is InChI=1S/C14H16FN3O2/c1-20-11-4-2-3-10(15)13(11)14-17-16-12-6-5-9(8-19)7-18(12)14/h2-4,9,19H,5-8H2,1H3. The van der Waals surface area contributed by atoms with Crippen LogP contribution in [0.3, 0.4) is 0 Å². The molecule has 1 aromatic heterocycles. The molecule has 0 bridgehead atoms. The second-order valence-corrected chi connectivity index (χ2v) is 4.95. The van der Waals surface area contributed by atoms with Gasteiger partial charge in [0.1, 0.15) is 17.4 Å². The Kier molecular flexibility index (Phi) is 3.40. The molecule has 2 aromatic rings. The molecule has 20 heavy (non-hydrogen) atoms. The lowest BCUT2D eigenvalue weighted by molar-refractivity contribution is 0.191. The predicted octanol–water partition coefficient (Wildman–Crippen LogP) is 1.65. The van der Waals surface area contributed by atoms with Crippen molar-refractivity contribution in [3.05, 3.63) is 29.8 Å². The number of methoxy groups -OCH3 is 1. The molecule has 6 heteroatoms. The number of aliphatic hydroxyl groups is 1. The molecule has 1 N–H and O–H groups in total. The molecular formula is C14H16FN3O2. The topological polar surface area (TPSA) is 60.2 Å². The fourth-order valence-electron chi connectivity index (χ4n) is 2.62. The molecule has 0 spiro atoms. The summed E-state index contributed by atoms with van der Waals surface area (Å²) in [4.78, 5) is 0. The lowest BCUT2D eigenvalue weighted by Gasteiger charge is -2.22. The van der Waals surface area contributed by atoms with Gasteiger partial charge in [-0.1, -0.05) is 6.07 Å². The molecule has 0 saturated heterocycles. The first kappa shape index (κ1) is 13.1. The molecular weight excluding hydrogens is 261 g/mol. The van der Waals surface area contributed by atoms with Gasteiger partial charge in [-0.15, -0.1) is 10.2 Å². The number of rotatable bonds is 3. The third kappa shape index (κ3) is 2.06. The summed E-state index contributed by atoms with van der Waals surface area (Å²) in [6.45, 7) is 0.719. The molecule has 0 radical (unpaired) electrons. The number of nitrogens with zero attached hydrogens (tertiary/aromatic N) is 3. The van der Waals surface area contributed by atoms with Crippen LogP contribution in [0.15, 0.2) is 18.2 Å². The lowest BCUT2D eigenvalue weighted by Crippen LogP contribution is -2.23. The Morgan fingerprint density at radius 3 is 3.05 bits per heavy atom. The summed E-state index contributed by atoms with van der Waals surface area (Å²) in [5, 5.41) is 17.6. The highest BCUT2D eigenvalue weighted by atomic mass is 19.1. The highest BCUT2D eigenvalue weighted by molar-refractivity contribution is 5.65. The highest BCUT2D eigenvalue weighted by Crippen LogP contribution is 2.33. The lowest BCUT2D eigenvalue weighted by atomic mass is 10.00. The van der Waals surface area contributed by atoms with Crippen LogP contribution in [0.25, 0.3) is 11.4 Å². The first-order valence-corrected chi connectivity index (χ1v) is 6.60. The normalized spacial score (nSPS) is 17.9. The van der Waals surface area contributed by atoms with Crippen LogP contribution in [0.1, 0.15) is 12.2 Å². The number of aryl methyl sites for hydroxylation is 1. The maximum Gasteiger partial charge on any atom is 0.170 e. The van der Waals surface area contributed by atoms with Gasteiger partial charge in [0.25, 0.3) is 0 Å². The Morgan fingerprint density at radius 2 is 2.30 bits per heavy atom. The van der Waals surface area contributed by atoms with Gasteiger partial charge in [0, 0.05) is 25.5 Å². The smallest absolute Gasteiger partial charge is 0.170 e. The average molecular weight is 277 g/mol. The second-order valence-electron chi connectivity index (χ2n) is 4.95. The Morgan fingerprint density at radius 1 is 1.45 bits per heavy atom. The van der Waals surface area contributed by atoms with Crippen LogP contribution in [-0.4, -0.2) is 33.6 Å². The van der Waals surface area contributed by atoms with E-state index in [0.29, 0.717) is 23.7 Å². The Bertz CT molecular complexity index is 627. The maximum absolute atomic E-state index is 14.1. The Labute approximate surface area is 116 Å². The number of hydrogen-bond donors (Lipinski definition) is 1. The minimum absolute atomic E-state index is 0.117. The number of fused-ring (bicyclic) bond motifs is 1. The van der Waals surface area contributed by atoms with E-state index in [1.54, 1.807) is 12.1 Å². The fourth-order valence-corrected chi connectivity index (χ4v) is 2.62. The van der Waals surface area contributed by atoms with E-state index in [2.05, 4.69) is 10.2 Å². The number of aliphatic hydroxyl groups excluding tert-OH is 1. The summed E-state index contributed by atoms with van der Waals surface area (Å²) < 4.78 is 21.2. The van der Waals surface area contributed by atoms with Crippen molar-refractivity contribution in [3.63, 3.8) is 0 Å². The predicted molar refractivity (Wildman–Crippen MR) is 70.9 cm³/mol. The van der Waals surface area contributed by atoms with Gasteiger partial charge >= 0.3 is 0 Å². The SMILES string of the molecule is COc1cccc(F)c1-c1nnc2n1CC(CO)CC2. The summed E-state index contributed by atoms with van der Waals surface area (Å²) in [5.74, 6) is 1.51.